The van der Waals surface area contributed by atoms with Crippen LogP contribution < -0.4 is 0 Å². The van der Waals surface area contributed by atoms with E-state index in [9.17, 15) is 0 Å². The number of hydrogen-bond acceptors (Lipinski definition) is 0. The van der Waals surface area contributed by atoms with Gasteiger partial charge < -0.3 is 0 Å². The minimum absolute atomic E-state index is 1.25. The van der Waals surface area contributed by atoms with Gasteiger partial charge in [0, 0.05) is 0 Å². The van der Waals surface area contributed by atoms with Gasteiger partial charge in [0.15, 0.2) is 0 Å². The molecule has 0 saturated carbocycles. The summed E-state index contributed by atoms with van der Waals surface area (Å²) in [6.07, 6.45) is 1.25. The molecule has 0 aliphatic rings. The lowest BCUT2D eigenvalue weighted by Gasteiger charge is -1.96. The number of rotatable bonds is 0. The smallest absolute Gasteiger partial charge is 0.0398 e. The molecule has 0 saturated heterocycles. The zero-order chi connectivity index (χ0) is 15.5. The van der Waals surface area contributed by atoms with Crippen LogP contribution in [-0.4, -0.2) is 0 Å². The third-order valence-electron chi connectivity index (χ3n) is 2.58. The third kappa shape index (κ3) is 9.38. The lowest BCUT2D eigenvalue weighted by molar-refractivity contribution is 1.09. The van der Waals surface area contributed by atoms with Crippen LogP contribution in [0.4, 0.5) is 0 Å². The van der Waals surface area contributed by atoms with Crippen LogP contribution in [0.1, 0.15) is 48.1 Å². The van der Waals surface area contributed by atoms with Crippen LogP contribution in [0.25, 0.3) is 0 Å². The SMILES string of the molecule is CCC.Cc1cc(C)cc(C)c1.Cc1ccc(C)cc1. The first-order valence-electron chi connectivity index (χ1n) is 7.47. The van der Waals surface area contributed by atoms with E-state index in [2.05, 4.69) is 90.9 Å². The maximum atomic E-state index is 2.19. The Hall–Kier alpha value is -1.56. The van der Waals surface area contributed by atoms with Gasteiger partial charge in [-0.3, -0.25) is 0 Å². The Morgan fingerprint density at radius 2 is 0.700 bits per heavy atom. The van der Waals surface area contributed by atoms with Gasteiger partial charge in [0.05, 0.1) is 0 Å². The topological polar surface area (TPSA) is 0 Å². The molecule has 0 bridgehead atoms. The second kappa shape index (κ2) is 10.3. The van der Waals surface area contributed by atoms with Gasteiger partial charge in [0.1, 0.15) is 0 Å². The number of aryl methyl sites for hydroxylation is 5. The molecule has 2 rings (SSSR count). The first-order chi connectivity index (χ1) is 9.38. The van der Waals surface area contributed by atoms with E-state index in [1.165, 1.54) is 34.2 Å². The molecule has 0 aromatic heterocycles. The van der Waals surface area contributed by atoms with Crippen LogP contribution in [0.5, 0.6) is 0 Å². The minimum atomic E-state index is 1.25. The molecule has 0 heterocycles. The fourth-order valence-electron chi connectivity index (χ4n) is 1.84. The summed E-state index contributed by atoms with van der Waals surface area (Å²) < 4.78 is 0. The lowest BCUT2D eigenvalue weighted by atomic mass is 10.1. The fourth-order valence-corrected chi connectivity index (χ4v) is 1.84. The molecule has 0 aliphatic heterocycles. The molecule has 0 atom stereocenters. The second-order valence-electron chi connectivity index (χ2n) is 5.53. The number of hydrogen-bond donors (Lipinski definition) is 0. The molecule has 0 spiro atoms. The monoisotopic (exact) mass is 270 g/mol. The quantitative estimate of drug-likeness (QED) is 0.524. The average molecular weight is 270 g/mol. The molecule has 0 N–H and O–H groups in total. The van der Waals surface area contributed by atoms with Crippen LogP contribution in [0.3, 0.4) is 0 Å². The van der Waals surface area contributed by atoms with Crippen LogP contribution in [-0.2, 0) is 0 Å². The van der Waals surface area contributed by atoms with E-state index in [-0.39, 0.29) is 0 Å². The van der Waals surface area contributed by atoms with Gasteiger partial charge in [-0.1, -0.05) is 90.6 Å². The predicted octanol–water partition coefficient (Wildman–Crippen LogP) is 6.33. The van der Waals surface area contributed by atoms with Crippen molar-refractivity contribution in [3.05, 3.63) is 70.3 Å². The zero-order valence-electron chi connectivity index (χ0n) is 14.2. The van der Waals surface area contributed by atoms with Crippen LogP contribution in [0.2, 0.25) is 0 Å². The van der Waals surface area contributed by atoms with Crippen LogP contribution in [0.15, 0.2) is 42.5 Å². The first kappa shape index (κ1) is 18.4. The maximum Gasteiger partial charge on any atom is -0.0398 e. The highest BCUT2D eigenvalue weighted by molar-refractivity contribution is 5.27. The molecular formula is C20H30. The van der Waals surface area contributed by atoms with Crippen molar-refractivity contribution in [3.63, 3.8) is 0 Å². The van der Waals surface area contributed by atoms with Gasteiger partial charge >= 0.3 is 0 Å². The van der Waals surface area contributed by atoms with Gasteiger partial charge in [0.2, 0.25) is 0 Å². The van der Waals surface area contributed by atoms with E-state index in [0.29, 0.717) is 0 Å². The Morgan fingerprint density at radius 3 is 0.900 bits per heavy atom. The minimum Gasteiger partial charge on any atom is -0.0656 e. The Labute approximate surface area is 125 Å². The summed E-state index contributed by atoms with van der Waals surface area (Å²) >= 11 is 0. The molecule has 0 nitrogen and oxygen atoms in total. The normalized spacial score (nSPS) is 8.95. The molecular weight excluding hydrogens is 240 g/mol. The van der Waals surface area contributed by atoms with E-state index in [0.717, 1.165) is 0 Å². The summed E-state index contributed by atoms with van der Waals surface area (Å²) in [6.45, 7) is 14.8. The van der Waals surface area contributed by atoms with Crippen molar-refractivity contribution in [3.8, 4) is 0 Å². The highest BCUT2D eigenvalue weighted by atomic mass is 13.9. The Morgan fingerprint density at radius 1 is 0.500 bits per heavy atom. The summed E-state index contributed by atoms with van der Waals surface area (Å²) in [5.74, 6) is 0. The Bertz CT molecular complexity index is 406. The lowest BCUT2D eigenvalue weighted by Crippen LogP contribution is -1.78. The fraction of sp³-hybridized carbons (Fsp3) is 0.400. The van der Waals surface area contributed by atoms with Gasteiger partial charge in [-0.2, -0.15) is 0 Å². The van der Waals surface area contributed by atoms with Crippen LogP contribution >= 0.6 is 0 Å². The summed E-state index contributed by atoms with van der Waals surface area (Å²) in [4.78, 5) is 0. The molecule has 20 heavy (non-hydrogen) atoms. The third-order valence-corrected chi connectivity index (χ3v) is 2.58. The van der Waals surface area contributed by atoms with Crippen molar-refractivity contribution in [1.29, 1.82) is 0 Å². The van der Waals surface area contributed by atoms with Gasteiger partial charge in [-0.25, -0.2) is 0 Å². The molecule has 110 valence electrons. The van der Waals surface area contributed by atoms with E-state index in [1.54, 1.807) is 0 Å². The van der Waals surface area contributed by atoms with E-state index in [1.807, 2.05) is 0 Å². The summed E-state index contributed by atoms with van der Waals surface area (Å²) in [6, 6.07) is 15.0. The molecule has 0 amide bonds. The van der Waals surface area contributed by atoms with Crippen LogP contribution in [0, 0.1) is 34.6 Å². The molecule has 2 aromatic rings. The van der Waals surface area contributed by atoms with Gasteiger partial charge in [-0.15, -0.1) is 0 Å². The van der Waals surface area contributed by atoms with E-state index >= 15 is 0 Å². The first-order valence-corrected chi connectivity index (χ1v) is 7.47. The summed E-state index contributed by atoms with van der Waals surface area (Å²) in [5.41, 5.74) is 6.72. The van der Waals surface area contributed by atoms with Gasteiger partial charge in [-0.05, 0) is 34.6 Å². The molecule has 0 unspecified atom stereocenters. The Balaban J connectivity index is 0.000000304. The molecule has 0 heteroatoms. The highest BCUT2D eigenvalue weighted by Gasteiger charge is 1.87. The van der Waals surface area contributed by atoms with Crippen molar-refractivity contribution >= 4 is 0 Å². The van der Waals surface area contributed by atoms with Crippen molar-refractivity contribution in [2.24, 2.45) is 0 Å². The molecule has 0 fully saturated rings. The van der Waals surface area contributed by atoms with E-state index < -0.39 is 0 Å². The van der Waals surface area contributed by atoms with Crippen molar-refractivity contribution in [2.75, 3.05) is 0 Å². The van der Waals surface area contributed by atoms with Crippen molar-refractivity contribution < 1.29 is 0 Å². The van der Waals surface area contributed by atoms with Crippen molar-refractivity contribution in [1.82, 2.24) is 0 Å². The molecule has 2 aromatic carbocycles. The van der Waals surface area contributed by atoms with Crippen molar-refractivity contribution in [2.45, 2.75) is 54.9 Å². The molecule has 0 radical (unpaired) electrons. The number of benzene rings is 2. The summed E-state index contributed by atoms with van der Waals surface area (Å²) in [5, 5.41) is 0. The maximum absolute atomic E-state index is 2.19. The predicted molar refractivity (Wildman–Crippen MR) is 92.5 cm³/mol. The Kier molecular flexibility index (Phi) is 9.45. The second-order valence-corrected chi connectivity index (χ2v) is 5.53. The standard InChI is InChI=1S/C9H12.C8H10.C3H8/c1-7-4-8(2)6-9(3)5-7;1-7-3-5-8(2)6-4-7;1-3-2/h4-6H,1-3H3;3-6H,1-2H3;3H2,1-2H3. The van der Waals surface area contributed by atoms with Gasteiger partial charge in [0.25, 0.3) is 0 Å². The highest BCUT2D eigenvalue weighted by Crippen LogP contribution is 2.06. The average Bonchev–Trinajstić information content (AvgIpc) is 2.33. The molecule has 0 aliphatic carbocycles. The largest absolute Gasteiger partial charge is 0.0656 e. The summed E-state index contributed by atoms with van der Waals surface area (Å²) in [7, 11) is 0. The zero-order valence-corrected chi connectivity index (χ0v) is 14.2. The van der Waals surface area contributed by atoms with E-state index in [4.69, 9.17) is 0 Å².